The van der Waals surface area contributed by atoms with E-state index in [1.165, 1.54) is 30.9 Å². The van der Waals surface area contributed by atoms with E-state index in [9.17, 15) is 14.0 Å². The maximum atomic E-state index is 13.9. The van der Waals surface area contributed by atoms with E-state index in [2.05, 4.69) is 10.1 Å². The molecule has 0 saturated carbocycles. The Morgan fingerprint density at radius 1 is 1.35 bits per heavy atom. The van der Waals surface area contributed by atoms with Crippen LogP contribution in [0.15, 0.2) is 47.8 Å². The molecule has 0 spiro atoms. The first-order chi connectivity index (χ1) is 11.0. The van der Waals surface area contributed by atoms with Crippen LogP contribution in [0.1, 0.15) is 26.3 Å². The summed E-state index contributed by atoms with van der Waals surface area (Å²) in [6.07, 6.45) is 4.10. The average molecular weight is 316 g/mol. The molecule has 0 atom stereocenters. The van der Waals surface area contributed by atoms with Crippen molar-refractivity contribution >= 4 is 18.0 Å². The van der Waals surface area contributed by atoms with Crippen LogP contribution >= 0.6 is 0 Å². The third-order valence-corrected chi connectivity index (χ3v) is 2.94. The molecule has 0 aliphatic rings. The van der Waals surface area contributed by atoms with Crippen molar-refractivity contribution in [2.45, 2.75) is 0 Å². The monoisotopic (exact) mass is 316 g/mol. The normalized spacial score (nSPS) is 10.6. The molecule has 118 valence electrons. The van der Waals surface area contributed by atoms with Crippen LogP contribution in [0.3, 0.4) is 0 Å². The Hall–Kier alpha value is -3.13. The fourth-order valence-electron chi connectivity index (χ4n) is 1.71. The van der Waals surface area contributed by atoms with Crippen molar-refractivity contribution in [3.8, 4) is 0 Å². The van der Waals surface area contributed by atoms with Gasteiger partial charge in [0.05, 0.1) is 11.8 Å². The second-order valence-corrected chi connectivity index (χ2v) is 4.49. The SMILES string of the molecule is CN(/N=C/c1ccc(C(=O)NO)cc1F)C(=O)c1cccnc1. The fraction of sp³-hybridized carbons (Fsp3) is 0.0667. The number of nitrogens with one attached hydrogen (secondary N) is 1. The van der Waals surface area contributed by atoms with E-state index in [0.717, 1.165) is 17.3 Å². The van der Waals surface area contributed by atoms with Crippen molar-refractivity contribution in [2.24, 2.45) is 5.10 Å². The van der Waals surface area contributed by atoms with Gasteiger partial charge < -0.3 is 0 Å². The van der Waals surface area contributed by atoms with Gasteiger partial charge in [0, 0.05) is 30.6 Å². The highest BCUT2D eigenvalue weighted by Crippen LogP contribution is 2.09. The fourth-order valence-corrected chi connectivity index (χ4v) is 1.71. The van der Waals surface area contributed by atoms with Gasteiger partial charge in [-0.3, -0.25) is 19.8 Å². The molecule has 1 aromatic heterocycles. The highest BCUT2D eigenvalue weighted by Gasteiger charge is 2.11. The molecule has 0 unspecified atom stereocenters. The van der Waals surface area contributed by atoms with Crippen LogP contribution in [-0.4, -0.2) is 40.3 Å². The van der Waals surface area contributed by atoms with Crippen LogP contribution in [0.2, 0.25) is 0 Å². The first-order valence-corrected chi connectivity index (χ1v) is 6.49. The molecular formula is C15H13FN4O3. The molecule has 0 radical (unpaired) electrons. The van der Waals surface area contributed by atoms with Gasteiger partial charge in [-0.25, -0.2) is 14.9 Å². The number of amides is 2. The van der Waals surface area contributed by atoms with Crippen LogP contribution in [0.4, 0.5) is 4.39 Å². The van der Waals surface area contributed by atoms with E-state index in [4.69, 9.17) is 5.21 Å². The van der Waals surface area contributed by atoms with Gasteiger partial charge >= 0.3 is 0 Å². The van der Waals surface area contributed by atoms with Crippen LogP contribution in [0, 0.1) is 5.82 Å². The molecule has 2 rings (SSSR count). The van der Waals surface area contributed by atoms with E-state index in [1.54, 1.807) is 18.3 Å². The summed E-state index contributed by atoms with van der Waals surface area (Å²) in [4.78, 5) is 27.0. The Balaban J connectivity index is 2.13. The average Bonchev–Trinajstić information content (AvgIpc) is 2.59. The molecule has 1 aromatic carbocycles. The summed E-state index contributed by atoms with van der Waals surface area (Å²) in [6.45, 7) is 0. The largest absolute Gasteiger partial charge is 0.288 e. The maximum absolute atomic E-state index is 13.9. The number of halogens is 1. The third kappa shape index (κ3) is 3.95. The predicted molar refractivity (Wildman–Crippen MR) is 79.6 cm³/mol. The number of aromatic nitrogens is 1. The molecule has 1 heterocycles. The molecule has 0 fully saturated rings. The highest BCUT2D eigenvalue weighted by atomic mass is 19.1. The van der Waals surface area contributed by atoms with Crippen LogP contribution in [0.25, 0.3) is 0 Å². The zero-order valence-corrected chi connectivity index (χ0v) is 12.1. The van der Waals surface area contributed by atoms with Crippen molar-refractivity contribution in [1.29, 1.82) is 0 Å². The van der Waals surface area contributed by atoms with Gasteiger partial charge in [0.25, 0.3) is 11.8 Å². The zero-order chi connectivity index (χ0) is 16.8. The number of carbonyl (C=O) groups excluding carboxylic acids is 2. The van der Waals surface area contributed by atoms with Gasteiger partial charge in [0.2, 0.25) is 0 Å². The van der Waals surface area contributed by atoms with Crippen molar-refractivity contribution in [1.82, 2.24) is 15.5 Å². The molecule has 23 heavy (non-hydrogen) atoms. The number of hydrogen-bond donors (Lipinski definition) is 2. The third-order valence-electron chi connectivity index (χ3n) is 2.94. The minimum absolute atomic E-state index is 0.0399. The van der Waals surface area contributed by atoms with Crippen molar-refractivity contribution in [2.75, 3.05) is 7.05 Å². The topological polar surface area (TPSA) is 94.9 Å². The van der Waals surface area contributed by atoms with E-state index >= 15 is 0 Å². The smallest absolute Gasteiger partial charge is 0.275 e. The molecule has 0 bridgehead atoms. The lowest BCUT2D eigenvalue weighted by molar-refractivity contribution is 0.0705. The number of hydroxylamine groups is 1. The number of hydrazone groups is 1. The van der Waals surface area contributed by atoms with E-state index in [1.807, 2.05) is 0 Å². The Morgan fingerprint density at radius 3 is 2.74 bits per heavy atom. The quantitative estimate of drug-likeness (QED) is 0.507. The molecule has 0 saturated heterocycles. The number of carbonyl (C=O) groups is 2. The van der Waals surface area contributed by atoms with Crippen molar-refractivity contribution in [3.63, 3.8) is 0 Å². The second kappa shape index (κ2) is 7.23. The number of hydrogen-bond acceptors (Lipinski definition) is 5. The standard InChI is InChI=1S/C15H13FN4O3/c1-20(15(22)12-3-2-6-17-8-12)18-9-11-5-4-10(7-13(11)16)14(21)19-23/h2-9,23H,1H3,(H,19,21)/b18-9+. The van der Waals surface area contributed by atoms with Crippen molar-refractivity contribution in [3.05, 3.63) is 65.2 Å². The predicted octanol–water partition coefficient (Wildman–Crippen LogP) is 1.45. The van der Waals surface area contributed by atoms with E-state index < -0.39 is 17.6 Å². The summed E-state index contributed by atoms with van der Waals surface area (Å²) >= 11 is 0. The Kier molecular flexibility index (Phi) is 5.11. The molecule has 2 N–H and O–H groups in total. The lowest BCUT2D eigenvalue weighted by Crippen LogP contribution is -2.21. The van der Waals surface area contributed by atoms with Gasteiger partial charge in [-0.15, -0.1) is 0 Å². The number of benzene rings is 1. The number of nitrogens with zero attached hydrogens (tertiary/aromatic N) is 3. The minimum Gasteiger partial charge on any atom is -0.288 e. The van der Waals surface area contributed by atoms with E-state index in [-0.39, 0.29) is 11.1 Å². The second-order valence-electron chi connectivity index (χ2n) is 4.49. The van der Waals surface area contributed by atoms with Gasteiger partial charge in [0.15, 0.2) is 0 Å². The van der Waals surface area contributed by atoms with Gasteiger partial charge in [-0.05, 0) is 30.3 Å². The van der Waals surface area contributed by atoms with Crippen LogP contribution in [-0.2, 0) is 0 Å². The Morgan fingerprint density at radius 2 is 2.13 bits per heavy atom. The van der Waals surface area contributed by atoms with E-state index in [0.29, 0.717) is 5.56 Å². The lowest BCUT2D eigenvalue weighted by Gasteiger charge is -2.10. The molecule has 0 aliphatic carbocycles. The number of rotatable bonds is 4. The summed E-state index contributed by atoms with van der Waals surface area (Å²) in [7, 11) is 1.43. The summed E-state index contributed by atoms with van der Waals surface area (Å²) < 4.78 is 13.9. The highest BCUT2D eigenvalue weighted by molar-refractivity contribution is 5.95. The summed E-state index contributed by atoms with van der Waals surface area (Å²) in [5.41, 5.74) is 1.81. The van der Waals surface area contributed by atoms with Crippen LogP contribution in [0.5, 0.6) is 0 Å². The Bertz CT molecular complexity index is 750. The summed E-state index contributed by atoms with van der Waals surface area (Å²) in [5.74, 6) is -1.93. The zero-order valence-electron chi connectivity index (χ0n) is 12.1. The van der Waals surface area contributed by atoms with Crippen LogP contribution < -0.4 is 5.48 Å². The molecule has 8 heteroatoms. The minimum atomic E-state index is -0.823. The maximum Gasteiger partial charge on any atom is 0.275 e. The lowest BCUT2D eigenvalue weighted by atomic mass is 10.1. The summed E-state index contributed by atoms with van der Waals surface area (Å²) in [5, 5.41) is 13.4. The summed E-state index contributed by atoms with van der Waals surface area (Å²) in [6, 6.07) is 6.79. The first kappa shape index (κ1) is 16.2. The molecule has 2 aromatic rings. The Labute approximate surface area is 131 Å². The molecular weight excluding hydrogens is 303 g/mol. The van der Waals surface area contributed by atoms with Gasteiger partial charge in [0.1, 0.15) is 5.82 Å². The number of pyridine rings is 1. The van der Waals surface area contributed by atoms with Gasteiger partial charge in [-0.1, -0.05) is 0 Å². The molecule has 7 nitrogen and oxygen atoms in total. The van der Waals surface area contributed by atoms with Gasteiger partial charge in [-0.2, -0.15) is 5.10 Å². The van der Waals surface area contributed by atoms with Crippen molar-refractivity contribution < 1.29 is 19.2 Å². The molecule has 2 amide bonds. The molecule has 0 aliphatic heterocycles. The first-order valence-electron chi connectivity index (χ1n) is 6.49.